The second-order valence-corrected chi connectivity index (χ2v) is 6.76. The fraction of sp³-hybridized carbons (Fsp3) is 0.350. The number of anilines is 1. The second-order valence-electron chi connectivity index (χ2n) is 5.98. The molecule has 0 aliphatic carbocycles. The molecule has 0 unspecified atom stereocenters. The topological polar surface area (TPSA) is 78.5 Å². The zero-order valence-corrected chi connectivity index (χ0v) is 16.5. The first kappa shape index (κ1) is 20.6. The average molecular weight is 388 g/mol. The lowest BCUT2D eigenvalue weighted by Gasteiger charge is -2.19. The van der Waals surface area contributed by atoms with Crippen molar-refractivity contribution in [1.82, 2.24) is 10.2 Å². The summed E-state index contributed by atoms with van der Waals surface area (Å²) in [6.45, 7) is 5.59. The van der Waals surface area contributed by atoms with E-state index in [1.807, 2.05) is 19.2 Å². The lowest BCUT2D eigenvalue weighted by Crippen LogP contribution is -2.30. The molecule has 0 fully saturated rings. The summed E-state index contributed by atoms with van der Waals surface area (Å²) in [6, 6.07) is 8.72. The quantitative estimate of drug-likeness (QED) is 0.648. The Labute approximate surface area is 163 Å². The molecule has 0 aliphatic heterocycles. The van der Waals surface area contributed by atoms with Crippen molar-refractivity contribution in [3.8, 4) is 0 Å². The Bertz CT molecular complexity index is 771. The average Bonchev–Trinajstić information content (AvgIpc) is 3.21. The van der Waals surface area contributed by atoms with Crippen LogP contribution in [0.4, 0.5) is 5.69 Å². The van der Waals surface area contributed by atoms with Crippen LogP contribution in [-0.2, 0) is 4.79 Å². The minimum atomic E-state index is -0.146. The summed E-state index contributed by atoms with van der Waals surface area (Å²) in [5.41, 5.74) is 1.79. The second kappa shape index (κ2) is 10.5. The van der Waals surface area contributed by atoms with E-state index < -0.39 is 0 Å². The zero-order chi connectivity index (χ0) is 19.6. The summed E-state index contributed by atoms with van der Waals surface area (Å²) < 4.78 is 0. The molecule has 27 heavy (non-hydrogen) atoms. The van der Waals surface area contributed by atoms with Gasteiger partial charge in [0, 0.05) is 48.2 Å². The van der Waals surface area contributed by atoms with Crippen molar-refractivity contribution in [2.45, 2.75) is 26.7 Å². The molecule has 2 aromatic rings. The molecule has 7 heteroatoms. The predicted octanol–water partition coefficient (Wildman–Crippen LogP) is 3.38. The molecule has 0 bridgehead atoms. The fourth-order valence-corrected chi connectivity index (χ4v) is 3.23. The van der Waals surface area contributed by atoms with Crippen LogP contribution in [0.15, 0.2) is 41.1 Å². The molecule has 1 aromatic carbocycles. The Balaban J connectivity index is 1.79. The van der Waals surface area contributed by atoms with E-state index in [9.17, 15) is 14.4 Å². The van der Waals surface area contributed by atoms with Crippen molar-refractivity contribution in [3.05, 3.63) is 52.2 Å². The van der Waals surface area contributed by atoms with Crippen LogP contribution in [-0.4, -0.2) is 42.3 Å². The summed E-state index contributed by atoms with van der Waals surface area (Å²) in [7, 11) is 0. The first-order valence-corrected chi connectivity index (χ1v) is 9.99. The van der Waals surface area contributed by atoms with Gasteiger partial charge in [0.05, 0.1) is 0 Å². The monoisotopic (exact) mass is 387 g/mol. The van der Waals surface area contributed by atoms with Crippen LogP contribution in [0.1, 0.15) is 47.4 Å². The highest BCUT2D eigenvalue weighted by atomic mass is 32.1. The van der Waals surface area contributed by atoms with E-state index in [2.05, 4.69) is 10.6 Å². The molecule has 6 nitrogen and oxygen atoms in total. The lowest BCUT2D eigenvalue weighted by atomic mass is 10.1. The van der Waals surface area contributed by atoms with Crippen LogP contribution in [0, 0.1) is 0 Å². The molecular formula is C20H25N3O3S. The predicted molar refractivity (Wildman–Crippen MR) is 108 cm³/mol. The summed E-state index contributed by atoms with van der Waals surface area (Å²) >= 11 is 1.47. The highest BCUT2D eigenvalue weighted by Gasteiger charge is 2.13. The highest BCUT2D eigenvalue weighted by Crippen LogP contribution is 2.13. The molecule has 1 aromatic heterocycles. The maximum absolute atomic E-state index is 12.4. The van der Waals surface area contributed by atoms with Crippen LogP contribution in [0.2, 0.25) is 0 Å². The number of carbonyl (C=O) groups excluding carboxylic acids is 3. The molecule has 2 N–H and O–H groups in total. The Kier molecular flexibility index (Phi) is 8.00. The smallest absolute Gasteiger partial charge is 0.253 e. The molecule has 0 spiro atoms. The number of carbonyl (C=O) groups is 3. The molecular weight excluding hydrogens is 362 g/mol. The number of amides is 3. The molecule has 1 heterocycles. The Morgan fingerprint density at radius 1 is 1.07 bits per heavy atom. The Hall–Kier alpha value is -2.67. The van der Waals surface area contributed by atoms with Crippen LogP contribution in [0.25, 0.3) is 0 Å². The third-order valence-corrected chi connectivity index (χ3v) is 4.78. The van der Waals surface area contributed by atoms with Gasteiger partial charge in [-0.3, -0.25) is 14.4 Å². The molecule has 2 rings (SSSR count). The van der Waals surface area contributed by atoms with Crippen molar-refractivity contribution in [2.75, 3.05) is 25.0 Å². The number of rotatable bonds is 9. The van der Waals surface area contributed by atoms with Crippen LogP contribution in [0.5, 0.6) is 0 Å². The molecule has 0 aliphatic rings. The van der Waals surface area contributed by atoms with Gasteiger partial charge in [-0.15, -0.1) is 0 Å². The molecule has 3 amide bonds. The summed E-state index contributed by atoms with van der Waals surface area (Å²) in [5.74, 6) is -0.321. The van der Waals surface area contributed by atoms with Crippen molar-refractivity contribution in [1.29, 1.82) is 0 Å². The van der Waals surface area contributed by atoms with E-state index in [0.29, 0.717) is 42.9 Å². The van der Waals surface area contributed by atoms with Gasteiger partial charge in [-0.05, 0) is 49.9 Å². The van der Waals surface area contributed by atoms with Gasteiger partial charge < -0.3 is 15.5 Å². The molecule has 144 valence electrons. The van der Waals surface area contributed by atoms with E-state index in [1.54, 1.807) is 40.6 Å². The highest BCUT2D eigenvalue weighted by molar-refractivity contribution is 7.08. The van der Waals surface area contributed by atoms with Gasteiger partial charge in [-0.25, -0.2) is 0 Å². The van der Waals surface area contributed by atoms with Crippen LogP contribution in [0.3, 0.4) is 0 Å². The number of nitrogens with zero attached hydrogens (tertiary/aromatic N) is 1. The minimum absolute atomic E-state index is 0.0489. The number of hydrogen-bond acceptors (Lipinski definition) is 4. The van der Waals surface area contributed by atoms with Gasteiger partial charge in [0.15, 0.2) is 0 Å². The van der Waals surface area contributed by atoms with Gasteiger partial charge in [0.25, 0.3) is 11.8 Å². The zero-order valence-electron chi connectivity index (χ0n) is 15.7. The van der Waals surface area contributed by atoms with Gasteiger partial charge in [-0.1, -0.05) is 6.07 Å². The maximum atomic E-state index is 12.4. The fourth-order valence-electron chi connectivity index (χ4n) is 2.59. The number of thiophene rings is 1. The number of nitrogens with one attached hydrogen (secondary N) is 2. The first-order chi connectivity index (χ1) is 13.0. The molecule has 0 atom stereocenters. The van der Waals surface area contributed by atoms with Crippen molar-refractivity contribution in [3.63, 3.8) is 0 Å². The SMILES string of the molecule is CCN(CC)C(=O)c1cccc(NC(=O)CCCNC(=O)c2ccsc2)c1. The third kappa shape index (κ3) is 6.21. The maximum Gasteiger partial charge on any atom is 0.253 e. The van der Waals surface area contributed by atoms with Gasteiger partial charge in [-0.2, -0.15) is 11.3 Å². The third-order valence-electron chi connectivity index (χ3n) is 4.09. The standard InChI is InChI=1S/C20H25N3O3S/c1-3-23(4-2)20(26)15-7-5-8-17(13-15)22-18(24)9-6-11-21-19(25)16-10-12-27-14-16/h5,7-8,10,12-14H,3-4,6,9,11H2,1-2H3,(H,21,25)(H,22,24). The normalized spacial score (nSPS) is 10.3. The van der Waals surface area contributed by atoms with Crippen LogP contribution >= 0.6 is 11.3 Å². The summed E-state index contributed by atoms with van der Waals surface area (Å²) in [4.78, 5) is 38.0. The number of hydrogen-bond donors (Lipinski definition) is 2. The minimum Gasteiger partial charge on any atom is -0.352 e. The van der Waals surface area contributed by atoms with E-state index in [-0.39, 0.29) is 24.1 Å². The Morgan fingerprint density at radius 2 is 1.85 bits per heavy atom. The van der Waals surface area contributed by atoms with E-state index in [1.165, 1.54) is 11.3 Å². The van der Waals surface area contributed by atoms with E-state index in [0.717, 1.165) is 0 Å². The van der Waals surface area contributed by atoms with Gasteiger partial charge >= 0.3 is 0 Å². The number of benzene rings is 1. The van der Waals surface area contributed by atoms with Gasteiger partial charge in [0.2, 0.25) is 5.91 Å². The van der Waals surface area contributed by atoms with Crippen LogP contribution < -0.4 is 10.6 Å². The van der Waals surface area contributed by atoms with Crippen molar-refractivity contribution < 1.29 is 14.4 Å². The summed E-state index contributed by atoms with van der Waals surface area (Å²) in [5, 5.41) is 9.23. The lowest BCUT2D eigenvalue weighted by molar-refractivity contribution is -0.116. The Morgan fingerprint density at radius 3 is 2.52 bits per heavy atom. The molecule has 0 saturated heterocycles. The van der Waals surface area contributed by atoms with Gasteiger partial charge in [0.1, 0.15) is 0 Å². The molecule has 0 radical (unpaired) electrons. The van der Waals surface area contributed by atoms with E-state index >= 15 is 0 Å². The summed E-state index contributed by atoms with van der Waals surface area (Å²) in [6.07, 6.45) is 0.831. The first-order valence-electron chi connectivity index (χ1n) is 9.04. The van der Waals surface area contributed by atoms with E-state index in [4.69, 9.17) is 0 Å². The van der Waals surface area contributed by atoms with Crippen molar-refractivity contribution in [2.24, 2.45) is 0 Å². The van der Waals surface area contributed by atoms with Crippen molar-refractivity contribution >= 4 is 34.7 Å². The molecule has 0 saturated carbocycles. The largest absolute Gasteiger partial charge is 0.352 e.